The third-order valence-corrected chi connectivity index (χ3v) is 2.15. The Bertz CT molecular complexity index is 177. The summed E-state index contributed by atoms with van der Waals surface area (Å²) in [6.07, 6.45) is 1.24. The molecule has 0 saturated heterocycles. The van der Waals surface area contributed by atoms with Crippen LogP contribution < -0.4 is 10.6 Å². The smallest absolute Gasteiger partial charge is 0.148 e. The van der Waals surface area contributed by atoms with Crippen LogP contribution in [0.1, 0.15) is 0 Å². The summed E-state index contributed by atoms with van der Waals surface area (Å²) >= 11 is 0. The van der Waals surface area contributed by atoms with Gasteiger partial charge in [0.15, 0.2) is 0 Å². The zero-order valence-corrected chi connectivity index (χ0v) is 7.87. The van der Waals surface area contributed by atoms with E-state index in [-0.39, 0.29) is 5.75 Å². The van der Waals surface area contributed by atoms with Crippen molar-refractivity contribution in [2.24, 2.45) is 0 Å². The van der Waals surface area contributed by atoms with Crippen LogP contribution in [-0.2, 0) is 9.84 Å². The molecule has 0 aliphatic carbocycles. The summed E-state index contributed by atoms with van der Waals surface area (Å²) in [5, 5.41) is 5.95. The zero-order valence-electron chi connectivity index (χ0n) is 7.05. The van der Waals surface area contributed by atoms with Crippen molar-refractivity contribution in [1.82, 2.24) is 10.6 Å². The molecule has 0 saturated carbocycles. The second kappa shape index (κ2) is 5.51. The average molecular weight is 180 g/mol. The van der Waals surface area contributed by atoms with Crippen molar-refractivity contribution in [3.05, 3.63) is 0 Å². The third-order valence-electron chi connectivity index (χ3n) is 1.20. The summed E-state index contributed by atoms with van der Waals surface area (Å²) in [5.74, 6) is 0.219. The molecule has 4 nitrogen and oxygen atoms in total. The number of likely N-dealkylation sites (N-methyl/N-ethyl adjacent to an activating group) is 1. The van der Waals surface area contributed by atoms with E-state index in [1.807, 2.05) is 7.05 Å². The Morgan fingerprint density at radius 1 is 1.18 bits per heavy atom. The van der Waals surface area contributed by atoms with Crippen LogP contribution in [0, 0.1) is 0 Å². The van der Waals surface area contributed by atoms with Gasteiger partial charge >= 0.3 is 0 Å². The van der Waals surface area contributed by atoms with E-state index in [9.17, 15) is 8.42 Å². The molecule has 0 aliphatic heterocycles. The van der Waals surface area contributed by atoms with Gasteiger partial charge < -0.3 is 10.6 Å². The summed E-state index contributed by atoms with van der Waals surface area (Å²) in [6, 6.07) is 0. The highest BCUT2D eigenvalue weighted by Crippen LogP contribution is 1.78. The van der Waals surface area contributed by atoms with Crippen molar-refractivity contribution in [3.8, 4) is 0 Å². The molecule has 0 fully saturated rings. The van der Waals surface area contributed by atoms with Gasteiger partial charge in [-0.05, 0) is 7.05 Å². The molecule has 0 aromatic carbocycles. The van der Waals surface area contributed by atoms with Crippen molar-refractivity contribution in [3.63, 3.8) is 0 Å². The van der Waals surface area contributed by atoms with Crippen LogP contribution in [0.4, 0.5) is 0 Å². The molecule has 0 aromatic rings. The predicted octanol–water partition coefficient (Wildman–Crippen LogP) is -1.16. The molecule has 0 bridgehead atoms. The van der Waals surface area contributed by atoms with Gasteiger partial charge in [-0.25, -0.2) is 8.42 Å². The van der Waals surface area contributed by atoms with Crippen molar-refractivity contribution < 1.29 is 8.42 Å². The van der Waals surface area contributed by atoms with E-state index in [4.69, 9.17) is 0 Å². The fourth-order valence-electron chi connectivity index (χ4n) is 0.596. The molecule has 0 aliphatic rings. The highest BCUT2D eigenvalue weighted by atomic mass is 32.2. The van der Waals surface area contributed by atoms with E-state index in [0.29, 0.717) is 6.54 Å². The first-order valence-electron chi connectivity index (χ1n) is 3.59. The number of hydrogen-bond acceptors (Lipinski definition) is 4. The maximum atomic E-state index is 10.6. The topological polar surface area (TPSA) is 58.2 Å². The molecule has 68 valence electrons. The lowest BCUT2D eigenvalue weighted by Gasteiger charge is -2.01. The molecule has 0 spiro atoms. The summed E-state index contributed by atoms with van der Waals surface area (Å²) in [7, 11) is -0.935. The molecule has 0 amide bonds. The normalized spacial score (nSPS) is 11.8. The molecule has 0 radical (unpaired) electrons. The van der Waals surface area contributed by atoms with Gasteiger partial charge in [-0.1, -0.05) is 0 Å². The highest BCUT2D eigenvalue weighted by molar-refractivity contribution is 7.90. The molecule has 0 heterocycles. The van der Waals surface area contributed by atoms with Crippen molar-refractivity contribution >= 4 is 9.84 Å². The van der Waals surface area contributed by atoms with Gasteiger partial charge in [0.1, 0.15) is 9.84 Å². The summed E-state index contributed by atoms with van der Waals surface area (Å²) < 4.78 is 21.2. The Hall–Kier alpha value is -0.130. The van der Waals surface area contributed by atoms with Crippen LogP contribution in [0.15, 0.2) is 0 Å². The Balaban J connectivity index is 3.16. The van der Waals surface area contributed by atoms with Crippen LogP contribution >= 0.6 is 0 Å². The second-order valence-electron chi connectivity index (χ2n) is 2.48. The largest absolute Gasteiger partial charge is 0.318 e. The lowest BCUT2D eigenvalue weighted by Crippen LogP contribution is -2.28. The fraction of sp³-hybridized carbons (Fsp3) is 1.00. The van der Waals surface area contributed by atoms with E-state index in [1.54, 1.807) is 0 Å². The minimum atomic E-state index is -2.79. The SMILES string of the molecule is CNCCNCCS(C)(=O)=O. The summed E-state index contributed by atoms with van der Waals surface area (Å²) in [6.45, 7) is 2.22. The van der Waals surface area contributed by atoms with Crippen LogP contribution in [0.5, 0.6) is 0 Å². The number of sulfone groups is 1. The molecule has 5 heteroatoms. The second-order valence-corrected chi connectivity index (χ2v) is 4.74. The first-order valence-corrected chi connectivity index (χ1v) is 5.65. The van der Waals surface area contributed by atoms with E-state index in [0.717, 1.165) is 13.1 Å². The van der Waals surface area contributed by atoms with Crippen molar-refractivity contribution in [2.75, 3.05) is 38.7 Å². The predicted molar refractivity (Wildman–Crippen MR) is 46.5 cm³/mol. The number of rotatable bonds is 6. The van der Waals surface area contributed by atoms with Crippen LogP contribution in [0.25, 0.3) is 0 Å². The molecular formula is C6H16N2O2S. The van der Waals surface area contributed by atoms with Gasteiger partial charge in [-0.15, -0.1) is 0 Å². The Morgan fingerprint density at radius 3 is 2.27 bits per heavy atom. The fourth-order valence-corrected chi connectivity index (χ4v) is 1.11. The summed E-state index contributed by atoms with van der Waals surface area (Å²) in [5.41, 5.74) is 0. The number of hydrogen-bond donors (Lipinski definition) is 2. The number of nitrogens with one attached hydrogen (secondary N) is 2. The lowest BCUT2D eigenvalue weighted by molar-refractivity contribution is 0.595. The van der Waals surface area contributed by atoms with E-state index >= 15 is 0 Å². The van der Waals surface area contributed by atoms with Gasteiger partial charge in [-0.3, -0.25) is 0 Å². The Morgan fingerprint density at radius 2 is 1.82 bits per heavy atom. The molecular weight excluding hydrogens is 164 g/mol. The lowest BCUT2D eigenvalue weighted by atomic mass is 10.6. The Kier molecular flexibility index (Phi) is 5.45. The molecule has 2 N–H and O–H groups in total. The molecule has 0 aromatic heterocycles. The van der Waals surface area contributed by atoms with Gasteiger partial charge in [0.25, 0.3) is 0 Å². The minimum Gasteiger partial charge on any atom is -0.318 e. The quantitative estimate of drug-likeness (QED) is 0.506. The zero-order chi connectivity index (χ0) is 8.74. The molecule has 0 rings (SSSR count). The van der Waals surface area contributed by atoms with E-state index < -0.39 is 9.84 Å². The third kappa shape index (κ3) is 9.87. The van der Waals surface area contributed by atoms with Gasteiger partial charge in [0.05, 0.1) is 5.75 Å². The first kappa shape index (κ1) is 10.9. The van der Waals surface area contributed by atoms with E-state index in [2.05, 4.69) is 10.6 Å². The van der Waals surface area contributed by atoms with Crippen molar-refractivity contribution in [2.45, 2.75) is 0 Å². The highest BCUT2D eigenvalue weighted by Gasteiger charge is 1.99. The van der Waals surface area contributed by atoms with Crippen LogP contribution in [-0.4, -0.2) is 47.1 Å². The van der Waals surface area contributed by atoms with E-state index in [1.165, 1.54) is 6.26 Å². The average Bonchev–Trinajstić information content (AvgIpc) is 1.85. The first-order chi connectivity index (χ1) is 5.06. The molecule has 0 atom stereocenters. The Labute approximate surface area is 68.3 Å². The molecule has 0 unspecified atom stereocenters. The minimum absolute atomic E-state index is 0.219. The van der Waals surface area contributed by atoms with Crippen LogP contribution in [0.2, 0.25) is 0 Å². The molecule has 11 heavy (non-hydrogen) atoms. The maximum absolute atomic E-state index is 10.6. The monoisotopic (exact) mass is 180 g/mol. The van der Waals surface area contributed by atoms with Gasteiger partial charge in [0, 0.05) is 25.9 Å². The summed E-state index contributed by atoms with van der Waals surface area (Å²) in [4.78, 5) is 0. The maximum Gasteiger partial charge on any atom is 0.148 e. The van der Waals surface area contributed by atoms with Gasteiger partial charge in [0.2, 0.25) is 0 Å². The van der Waals surface area contributed by atoms with Crippen molar-refractivity contribution in [1.29, 1.82) is 0 Å². The standard InChI is InChI=1S/C6H16N2O2S/c1-7-3-4-8-5-6-11(2,9)10/h7-8H,3-6H2,1-2H3. The van der Waals surface area contributed by atoms with Crippen LogP contribution in [0.3, 0.4) is 0 Å². The van der Waals surface area contributed by atoms with Gasteiger partial charge in [-0.2, -0.15) is 0 Å².